The number of hydrogen-bond acceptors (Lipinski definition) is 5. The number of aromatic nitrogens is 3. The molecule has 104 valence electrons. The molecule has 1 aromatic carbocycles. The largest absolute Gasteiger partial charge is 0.454 e. The van der Waals surface area contributed by atoms with Crippen LogP contribution in [-0.2, 0) is 6.54 Å². The highest BCUT2D eigenvalue weighted by atomic mass is 35.5. The predicted molar refractivity (Wildman–Crippen MR) is 69.8 cm³/mol. The van der Waals surface area contributed by atoms with Crippen LogP contribution < -0.4 is 9.47 Å². The number of nitrogens with one attached hydrogen (secondary N) is 1. The van der Waals surface area contributed by atoms with Gasteiger partial charge >= 0.3 is 0 Å². The number of ether oxygens (including phenoxy) is 2. The quantitative estimate of drug-likeness (QED) is 0.927. The Balaban J connectivity index is 1.82. The van der Waals surface area contributed by atoms with Crippen LogP contribution in [0.5, 0.6) is 11.5 Å². The first-order valence-corrected chi connectivity index (χ1v) is 6.22. The number of nitrogens with zero attached hydrogens (tertiary/aromatic N) is 3. The van der Waals surface area contributed by atoms with Crippen LogP contribution in [0, 0.1) is 0 Å². The lowest BCUT2D eigenvalue weighted by Crippen LogP contribution is -2.26. The van der Waals surface area contributed by atoms with E-state index >= 15 is 0 Å². The Kier molecular flexibility index (Phi) is 3.19. The molecule has 0 unspecified atom stereocenters. The third-order valence-corrected chi connectivity index (χ3v) is 3.15. The fraction of sp³-hybridized carbons (Fsp3) is 0.250. The number of fused-ring (bicyclic) bond motifs is 1. The van der Waals surface area contributed by atoms with Gasteiger partial charge in [0.15, 0.2) is 11.5 Å². The van der Waals surface area contributed by atoms with Crippen molar-refractivity contribution in [2.75, 3.05) is 13.8 Å². The molecule has 20 heavy (non-hydrogen) atoms. The first kappa shape index (κ1) is 12.7. The van der Waals surface area contributed by atoms with Gasteiger partial charge in [0.1, 0.15) is 12.2 Å². The normalized spacial score (nSPS) is 12.5. The summed E-state index contributed by atoms with van der Waals surface area (Å²) in [6.07, 6.45) is 1.39. The third-order valence-electron chi connectivity index (χ3n) is 2.87. The maximum Gasteiger partial charge on any atom is 0.254 e. The summed E-state index contributed by atoms with van der Waals surface area (Å²) in [6.45, 7) is 0.436. The molecule has 0 aliphatic carbocycles. The van der Waals surface area contributed by atoms with Crippen LogP contribution in [0.3, 0.4) is 0 Å². The van der Waals surface area contributed by atoms with Gasteiger partial charge in [0.25, 0.3) is 5.91 Å². The number of carbonyl (C=O) groups is 1. The van der Waals surface area contributed by atoms with Crippen molar-refractivity contribution < 1.29 is 14.3 Å². The van der Waals surface area contributed by atoms with E-state index in [0.717, 1.165) is 0 Å². The van der Waals surface area contributed by atoms with E-state index in [4.69, 9.17) is 21.1 Å². The van der Waals surface area contributed by atoms with Crippen molar-refractivity contribution in [2.45, 2.75) is 6.54 Å². The standard InChI is InChI=1S/C12H11ClN4O3/c1-17(4-10-14-5-15-16-10)12(18)7-2-8(13)11-9(3-7)19-6-20-11/h2-3,5H,4,6H2,1H3,(H,14,15,16). The maximum absolute atomic E-state index is 12.3. The minimum Gasteiger partial charge on any atom is -0.454 e. The smallest absolute Gasteiger partial charge is 0.254 e. The lowest BCUT2D eigenvalue weighted by atomic mass is 10.1. The molecule has 0 radical (unpaired) electrons. The van der Waals surface area contributed by atoms with E-state index in [2.05, 4.69) is 15.2 Å². The van der Waals surface area contributed by atoms with Gasteiger partial charge in [-0.25, -0.2) is 4.98 Å². The van der Waals surface area contributed by atoms with Crippen LogP contribution in [0.1, 0.15) is 16.2 Å². The van der Waals surface area contributed by atoms with Gasteiger partial charge in [0, 0.05) is 12.6 Å². The van der Waals surface area contributed by atoms with Crippen molar-refractivity contribution in [3.63, 3.8) is 0 Å². The molecule has 0 saturated heterocycles. The molecule has 0 bridgehead atoms. The molecule has 1 N–H and O–H groups in total. The van der Waals surface area contributed by atoms with Crippen LogP contribution in [0.2, 0.25) is 5.02 Å². The molecule has 2 aromatic rings. The van der Waals surface area contributed by atoms with E-state index < -0.39 is 0 Å². The van der Waals surface area contributed by atoms with Gasteiger partial charge in [-0.3, -0.25) is 9.89 Å². The average molecular weight is 295 g/mol. The number of H-pyrrole nitrogens is 1. The van der Waals surface area contributed by atoms with E-state index in [1.165, 1.54) is 11.2 Å². The van der Waals surface area contributed by atoms with Gasteiger partial charge < -0.3 is 14.4 Å². The predicted octanol–water partition coefficient (Wildman–Crippen LogP) is 1.46. The zero-order valence-electron chi connectivity index (χ0n) is 10.6. The van der Waals surface area contributed by atoms with E-state index in [0.29, 0.717) is 34.5 Å². The molecule has 0 atom stereocenters. The zero-order chi connectivity index (χ0) is 14.1. The monoisotopic (exact) mass is 294 g/mol. The second kappa shape index (κ2) is 5.01. The Labute approximate surface area is 119 Å². The first-order valence-electron chi connectivity index (χ1n) is 5.84. The molecule has 8 heteroatoms. The van der Waals surface area contributed by atoms with Crippen LogP contribution in [0.15, 0.2) is 18.5 Å². The summed E-state index contributed by atoms with van der Waals surface area (Å²) in [5.41, 5.74) is 0.432. The van der Waals surface area contributed by atoms with Crippen molar-refractivity contribution in [1.29, 1.82) is 0 Å². The molecule has 1 amide bonds. The zero-order valence-corrected chi connectivity index (χ0v) is 11.3. The summed E-state index contributed by atoms with van der Waals surface area (Å²) in [7, 11) is 1.67. The third kappa shape index (κ3) is 2.27. The highest BCUT2D eigenvalue weighted by Gasteiger charge is 2.22. The summed E-state index contributed by atoms with van der Waals surface area (Å²) in [5, 5.41) is 6.80. The molecule has 1 aliphatic heterocycles. The number of amides is 1. The molecule has 1 aliphatic rings. The lowest BCUT2D eigenvalue weighted by Gasteiger charge is -2.16. The molecule has 0 saturated carbocycles. The fourth-order valence-electron chi connectivity index (χ4n) is 1.91. The Morgan fingerprint density at radius 1 is 1.50 bits per heavy atom. The van der Waals surface area contributed by atoms with Gasteiger partial charge in [-0.15, -0.1) is 0 Å². The number of benzene rings is 1. The second-order valence-corrected chi connectivity index (χ2v) is 4.69. The van der Waals surface area contributed by atoms with Crippen LogP contribution in [0.25, 0.3) is 0 Å². The topological polar surface area (TPSA) is 80.3 Å². The molecule has 1 aromatic heterocycles. The average Bonchev–Trinajstić information content (AvgIpc) is 3.08. The fourth-order valence-corrected chi connectivity index (χ4v) is 2.18. The molecule has 3 rings (SSSR count). The van der Waals surface area contributed by atoms with Gasteiger partial charge in [-0.2, -0.15) is 5.10 Å². The first-order chi connectivity index (χ1) is 9.65. The Morgan fingerprint density at radius 3 is 3.10 bits per heavy atom. The van der Waals surface area contributed by atoms with Gasteiger partial charge in [0.2, 0.25) is 6.79 Å². The minimum atomic E-state index is -0.193. The Hall–Kier alpha value is -2.28. The molecule has 7 nitrogen and oxygen atoms in total. The number of halogens is 1. The van der Waals surface area contributed by atoms with E-state index in [-0.39, 0.29) is 12.7 Å². The van der Waals surface area contributed by atoms with Gasteiger partial charge in [-0.1, -0.05) is 11.6 Å². The van der Waals surface area contributed by atoms with Crippen molar-refractivity contribution in [1.82, 2.24) is 20.1 Å². The van der Waals surface area contributed by atoms with Crippen molar-refractivity contribution in [3.8, 4) is 11.5 Å². The summed E-state index contributed by atoms with van der Waals surface area (Å²) in [5.74, 6) is 1.37. The van der Waals surface area contributed by atoms with Crippen molar-refractivity contribution >= 4 is 17.5 Å². The minimum absolute atomic E-state index is 0.112. The highest BCUT2D eigenvalue weighted by Crippen LogP contribution is 2.39. The molecular weight excluding hydrogens is 284 g/mol. The highest BCUT2D eigenvalue weighted by molar-refractivity contribution is 6.32. The number of carbonyl (C=O) groups excluding carboxylic acids is 1. The second-order valence-electron chi connectivity index (χ2n) is 4.29. The summed E-state index contributed by atoms with van der Waals surface area (Å²) >= 11 is 6.06. The summed E-state index contributed by atoms with van der Waals surface area (Å²) in [6, 6.07) is 3.18. The molecule has 0 fully saturated rings. The molecule has 2 heterocycles. The van der Waals surface area contributed by atoms with Crippen LogP contribution in [0.4, 0.5) is 0 Å². The van der Waals surface area contributed by atoms with E-state index in [1.807, 2.05) is 0 Å². The number of hydrogen-bond donors (Lipinski definition) is 1. The number of rotatable bonds is 3. The van der Waals surface area contributed by atoms with Crippen molar-refractivity contribution in [2.24, 2.45) is 0 Å². The molecule has 0 spiro atoms. The van der Waals surface area contributed by atoms with Crippen LogP contribution >= 0.6 is 11.6 Å². The number of aromatic amines is 1. The Bertz CT molecular complexity index is 644. The summed E-state index contributed by atoms with van der Waals surface area (Å²) < 4.78 is 10.5. The van der Waals surface area contributed by atoms with E-state index in [1.54, 1.807) is 19.2 Å². The van der Waals surface area contributed by atoms with Gasteiger partial charge in [-0.05, 0) is 12.1 Å². The summed E-state index contributed by atoms with van der Waals surface area (Å²) in [4.78, 5) is 17.8. The van der Waals surface area contributed by atoms with E-state index in [9.17, 15) is 4.79 Å². The Morgan fingerprint density at radius 2 is 2.35 bits per heavy atom. The van der Waals surface area contributed by atoms with Crippen LogP contribution in [-0.4, -0.2) is 39.8 Å². The SMILES string of the molecule is CN(Cc1ncn[nH]1)C(=O)c1cc(Cl)c2c(c1)OCO2. The van der Waals surface area contributed by atoms with Crippen molar-refractivity contribution in [3.05, 3.63) is 34.9 Å². The van der Waals surface area contributed by atoms with Gasteiger partial charge in [0.05, 0.1) is 11.6 Å². The lowest BCUT2D eigenvalue weighted by molar-refractivity contribution is 0.0781. The maximum atomic E-state index is 12.3. The molecular formula is C12H11ClN4O3.